The fourth-order valence-corrected chi connectivity index (χ4v) is 4.17. The van der Waals surface area contributed by atoms with Crippen molar-refractivity contribution >= 4 is 11.8 Å². The summed E-state index contributed by atoms with van der Waals surface area (Å²) < 4.78 is 5.97. The van der Waals surface area contributed by atoms with Gasteiger partial charge in [0, 0.05) is 25.4 Å². The predicted molar refractivity (Wildman–Crippen MR) is 121 cm³/mol. The van der Waals surface area contributed by atoms with Crippen LogP contribution in [0.1, 0.15) is 42.1 Å². The summed E-state index contributed by atoms with van der Waals surface area (Å²) in [5.74, 6) is 0.693. The second kappa shape index (κ2) is 10.2. The van der Waals surface area contributed by atoms with Crippen LogP contribution in [-0.4, -0.2) is 78.0 Å². The molecule has 1 N–H and O–H groups in total. The zero-order valence-electron chi connectivity index (χ0n) is 18.8. The lowest BCUT2D eigenvalue weighted by Crippen LogP contribution is -2.48. The molecule has 0 radical (unpaired) electrons. The Balaban J connectivity index is 1.41. The highest BCUT2D eigenvalue weighted by atomic mass is 16.5. The lowest BCUT2D eigenvalue weighted by atomic mass is 9.99. The van der Waals surface area contributed by atoms with E-state index in [1.54, 1.807) is 19.3 Å². The van der Waals surface area contributed by atoms with Crippen LogP contribution >= 0.6 is 0 Å². The highest BCUT2D eigenvalue weighted by molar-refractivity contribution is 5.92. The minimum absolute atomic E-state index is 0.165. The number of likely N-dealkylation sites (tertiary alicyclic amines) is 1. The molecule has 2 fully saturated rings. The van der Waals surface area contributed by atoms with Crippen molar-refractivity contribution in [1.82, 2.24) is 25.1 Å². The van der Waals surface area contributed by atoms with Crippen molar-refractivity contribution in [3.8, 4) is 11.3 Å². The number of pyridine rings is 2. The topological polar surface area (TPSA) is 87.7 Å². The zero-order valence-corrected chi connectivity index (χ0v) is 18.8. The molecule has 2 saturated heterocycles. The number of amides is 2. The highest BCUT2D eigenvalue weighted by Crippen LogP contribution is 2.24. The van der Waals surface area contributed by atoms with Crippen LogP contribution < -0.4 is 5.32 Å². The fourth-order valence-electron chi connectivity index (χ4n) is 4.17. The van der Waals surface area contributed by atoms with E-state index in [9.17, 15) is 9.59 Å². The highest BCUT2D eigenvalue weighted by Gasteiger charge is 2.28. The number of morpholine rings is 1. The van der Waals surface area contributed by atoms with Gasteiger partial charge in [0.1, 0.15) is 11.8 Å². The van der Waals surface area contributed by atoms with Gasteiger partial charge in [0.2, 0.25) is 5.91 Å². The second-order valence-electron chi connectivity index (χ2n) is 8.62. The molecule has 2 amide bonds. The van der Waals surface area contributed by atoms with Crippen molar-refractivity contribution in [2.45, 2.75) is 25.9 Å². The molecule has 0 aliphatic carbocycles. The van der Waals surface area contributed by atoms with E-state index < -0.39 is 0 Å². The number of hydrogen-bond donors (Lipinski definition) is 1. The van der Waals surface area contributed by atoms with Crippen LogP contribution in [0.3, 0.4) is 0 Å². The molecule has 170 valence electrons. The van der Waals surface area contributed by atoms with E-state index in [0.717, 1.165) is 48.8 Å². The van der Waals surface area contributed by atoms with Gasteiger partial charge in [0.05, 0.1) is 31.1 Å². The summed E-state index contributed by atoms with van der Waals surface area (Å²) in [6.45, 7) is 6.38. The summed E-state index contributed by atoms with van der Waals surface area (Å²) in [7, 11) is 1.58. The molecule has 8 nitrogen and oxygen atoms in total. The van der Waals surface area contributed by atoms with Gasteiger partial charge in [-0.15, -0.1) is 0 Å². The average molecular weight is 438 g/mol. The molecule has 2 aliphatic heterocycles. The number of ether oxygens (including phenoxy) is 1. The molecular weight excluding hydrogens is 406 g/mol. The molecule has 2 aromatic heterocycles. The van der Waals surface area contributed by atoms with Gasteiger partial charge in [-0.1, -0.05) is 13.0 Å². The zero-order chi connectivity index (χ0) is 22.5. The number of carbonyl (C=O) groups excluding carboxylic acids is 2. The lowest BCUT2D eigenvalue weighted by Gasteiger charge is -2.35. The van der Waals surface area contributed by atoms with Gasteiger partial charge in [-0.3, -0.25) is 19.5 Å². The van der Waals surface area contributed by atoms with Gasteiger partial charge < -0.3 is 15.0 Å². The lowest BCUT2D eigenvalue weighted by molar-refractivity contribution is -0.140. The first kappa shape index (κ1) is 22.4. The van der Waals surface area contributed by atoms with Crippen LogP contribution in [0.2, 0.25) is 0 Å². The summed E-state index contributed by atoms with van der Waals surface area (Å²) >= 11 is 0. The quantitative estimate of drug-likeness (QED) is 0.771. The number of aromatic nitrogens is 2. The van der Waals surface area contributed by atoms with Crippen LogP contribution in [0.4, 0.5) is 0 Å². The van der Waals surface area contributed by atoms with E-state index in [2.05, 4.69) is 22.1 Å². The van der Waals surface area contributed by atoms with Gasteiger partial charge in [0.25, 0.3) is 5.91 Å². The number of rotatable bonds is 5. The minimum atomic E-state index is -0.257. The molecule has 0 unspecified atom stereocenters. The largest absolute Gasteiger partial charge is 0.368 e. The Hall–Kier alpha value is -2.84. The first-order valence-electron chi connectivity index (χ1n) is 11.3. The Labute approximate surface area is 189 Å². The minimum Gasteiger partial charge on any atom is -0.368 e. The summed E-state index contributed by atoms with van der Waals surface area (Å²) in [6, 6.07) is 9.29. The third-order valence-electron chi connectivity index (χ3n) is 6.27. The maximum absolute atomic E-state index is 12.9. The van der Waals surface area contributed by atoms with E-state index in [0.29, 0.717) is 31.9 Å². The summed E-state index contributed by atoms with van der Waals surface area (Å²) in [5, 5.41) is 2.56. The molecule has 0 aromatic carbocycles. The molecule has 1 atom stereocenters. The molecule has 4 heterocycles. The predicted octanol–water partition coefficient (Wildman–Crippen LogP) is 2.13. The number of nitrogens with zero attached hydrogens (tertiary/aromatic N) is 4. The Kier molecular flexibility index (Phi) is 7.12. The van der Waals surface area contributed by atoms with Crippen LogP contribution in [0.5, 0.6) is 0 Å². The Morgan fingerprint density at radius 3 is 2.69 bits per heavy atom. The van der Waals surface area contributed by atoms with Crippen molar-refractivity contribution in [3.63, 3.8) is 0 Å². The molecule has 32 heavy (non-hydrogen) atoms. The van der Waals surface area contributed by atoms with Crippen molar-refractivity contribution < 1.29 is 14.3 Å². The standard InChI is InChI=1S/C24H31N5O3/c1-17-8-10-28(11-9-17)16-23(30)29-12-13-32-22(15-29)20-5-3-4-19(27-20)18-6-7-21(26-14-18)24(31)25-2/h3-7,14,17,22H,8-13,15-16H2,1-2H3,(H,25,31)/t22-/m1/s1. The normalized spacial score (nSPS) is 20.2. The monoisotopic (exact) mass is 437 g/mol. The molecule has 4 rings (SSSR count). The third kappa shape index (κ3) is 5.31. The van der Waals surface area contributed by atoms with Crippen molar-refractivity contribution in [1.29, 1.82) is 0 Å². The molecular formula is C24H31N5O3. The number of nitrogens with one attached hydrogen (secondary N) is 1. The first-order chi connectivity index (χ1) is 15.5. The summed E-state index contributed by atoms with van der Waals surface area (Å²) in [4.78, 5) is 37.8. The maximum Gasteiger partial charge on any atom is 0.269 e. The van der Waals surface area contributed by atoms with Gasteiger partial charge in [0.15, 0.2) is 0 Å². The Morgan fingerprint density at radius 2 is 1.97 bits per heavy atom. The van der Waals surface area contributed by atoms with Crippen LogP contribution in [0, 0.1) is 5.92 Å². The SMILES string of the molecule is CNC(=O)c1ccc(-c2cccc([C@H]3CN(C(=O)CN4CCC(C)CC4)CCO3)n2)cn1. The third-order valence-corrected chi connectivity index (χ3v) is 6.27. The van der Waals surface area contributed by atoms with Gasteiger partial charge in [-0.05, 0) is 56.1 Å². The second-order valence-corrected chi connectivity index (χ2v) is 8.62. The van der Waals surface area contributed by atoms with E-state index >= 15 is 0 Å². The first-order valence-corrected chi connectivity index (χ1v) is 11.3. The van der Waals surface area contributed by atoms with Crippen LogP contribution in [0.15, 0.2) is 36.5 Å². The maximum atomic E-state index is 12.9. The van der Waals surface area contributed by atoms with Crippen molar-refractivity contribution in [3.05, 3.63) is 47.9 Å². The van der Waals surface area contributed by atoms with Crippen molar-refractivity contribution in [2.75, 3.05) is 46.4 Å². The molecule has 0 saturated carbocycles. The fraction of sp³-hybridized carbons (Fsp3) is 0.500. The van der Waals surface area contributed by atoms with E-state index in [-0.39, 0.29) is 17.9 Å². The van der Waals surface area contributed by atoms with Crippen molar-refractivity contribution in [2.24, 2.45) is 5.92 Å². The van der Waals surface area contributed by atoms with E-state index in [1.807, 2.05) is 29.2 Å². The van der Waals surface area contributed by atoms with Gasteiger partial charge >= 0.3 is 0 Å². The summed E-state index contributed by atoms with van der Waals surface area (Å²) in [5.41, 5.74) is 2.73. The average Bonchev–Trinajstić information content (AvgIpc) is 2.85. The van der Waals surface area contributed by atoms with Gasteiger partial charge in [-0.2, -0.15) is 0 Å². The Bertz CT molecular complexity index is 941. The molecule has 2 aromatic rings. The summed E-state index contributed by atoms with van der Waals surface area (Å²) in [6.07, 6.45) is 3.71. The molecule has 0 bridgehead atoms. The van der Waals surface area contributed by atoms with Crippen LogP contribution in [-0.2, 0) is 9.53 Å². The number of hydrogen-bond acceptors (Lipinski definition) is 6. The smallest absolute Gasteiger partial charge is 0.269 e. The van der Waals surface area contributed by atoms with E-state index in [4.69, 9.17) is 9.72 Å². The number of carbonyl (C=O) groups is 2. The molecule has 0 spiro atoms. The number of piperidine rings is 1. The van der Waals surface area contributed by atoms with Gasteiger partial charge in [-0.25, -0.2) is 4.98 Å². The molecule has 8 heteroatoms. The van der Waals surface area contributed by atoms with E-state index in [1.165, 1.54) is 0 Å². The van der Waals surface area contributed by atoms with Crippen LogP contribution in [0.25, 0.3) is 11.3 Å². The molecule has 2 aliphatic rings. The Morgan fingerprint density at radius 1 is 1.16 bits per heavy atom.